The third-order valence-electron chi connectivity index (χ3n) is 3.63. The van der Waals surface area contributed by atoms with Crippen molar-refractivity contribution in [3.63, 3.8) is 0 Å². The molecule has 1 saturated carbocycles. The Hall–Kier alpha value is -0.350. The van der Waals surface area contributed by atoms with Crippen LogP contribution in [0.1, 0.15) is 32.1 Å². The molecule has 0 atom stereocenters. The van der Waals surface area contributed by atoms with E-state index in [2.05, 4.69) is 30.4 Å². The zero-order chi connectivity index (χ0) is 11.9. The van der Waals surface area contributed by atoms with Gasteiger partial charge in [-0.05, 0) is 19.3 Å². The molecule has 0 spiro atoms. The number of rotatable bonds is 7. The molecule has 0 unspecified atom stereocenters. The van der Waals surface area contributed by atoms with E-state index in [4.69, 9.17) is 0 Å². The van der Waals surface area contributed by atoms with Gasteiger partial charge in [-0.25, -0.2) is 4.98 Å². The molecule has 1 fully saturated rings. The molecule has 4 heteroatoms. The Kier molecular flexibility index (Phi) is 5.52. The number of halogens is 1. The van der Waals surface area contributed by atoms with E-state index in [1.165, 1.54) is 45.2 Å². The highest BCUT2D eigenvalue weighted by atomic mass is 79.9. The minimum atomic E-state index is 0.843. The van der Waals surface area contributed by atoms with Crippen molar-refractivity contribution >= 4 is 15.9 Å². The van der Waals surface area contributed by atoms with Gasteiger partial charge in [0.2, 0.25) is 0 Å². The van der Waals surface area contributed by atoms with Crippen LogP contribution in [0.15, 0.2) is 18.7 Å². The highest BCUT2D eigenvalue weighted by Crippen LogP contribution is 2.23. The Bertz CT molecular complexity index is 294. The second-order valence-corrected chi connectivity index (χ2v) is 5.61. The summed E-state index contributed by atoms with van der Waals surface area (Å²) >= 11 is 3.57. The molecular formula is C13H22BrN3. The molecular weight excluding hydrogens is 278 g/mol. The van der Waals surface area contributed by atoms with Crippen molar-refractivity contribution in [1.29, 1.82) is 0 Å². The standard InChI is InChI=1S/C13H22BrN3/c14-6-10-17(13-4-1-2-5-13)9-3-8-16-11-7-15-12-16/h7,11-13H,1-6,8-10H2. The highest BCUT2D eigenvalue weighted by Gasteiger charge is 2.21. The largest absolute Gasteiger partial charge is 0.337 e. The number of alkyl halides is 1. The van der Waals surface area contributed by atoms with Crippen molar-refractivity contribution in [3.05, 3.63) is 18.7 Å². The summed E-state index contributed by atoms with van der Waals surface area (Å²) in [4.78, 5) is 6.74. The lowest BCUT2D eigenvalue weighted by atomic mass is 10.2. The first-order valence-corrected chi connectivity index (χ1v) is 7.78. The summed E-state index contributed by atoms with van der Waals surface area (Å²) < 4.78 is 2.17. The number of hydrogen-bond donors (Lipinski definition) is 0. The molecule has 0 bridgehead atoms. The fourth-order valence-corrected chi connectivity index (χ4v) is 3.19. The predicted molar refractivity (Wildman–Crippen MR) is 74.5 cm³/mol. The molecule has 3 nitrogen and oxygen atoms in total. The molecule has 17 heavy (non-hydrogen) atoms. The Balaban J connectivity index is 1.73. The van der Waals surface area contributed by atoms with E-state index in [-0.39, 0.29) is 0 Å². The van der Waals surface area contributed by atoms with E-state index in [1.54, 1.807) is 0 Å². The summed E-state index contributed by atoms with van der Waals surface area (Å²) in [5, 5.41) is 1.09. The van der Waals surface area contributed by atoms with Crippen LogP contribution in [0.3, 0.4) is 0 Å². The number of hydrogen-bond acceptors (Lipinski definition) is 2. The van der Waals surface area contributed by atoms with E-state index < -0.39 is 0 Å². The smallest absolute Gasteiger partial charge is 0.0945 e. The van der Waals surface area contributed by atoms with Crippen molar-refractivity contribution < 1.29 is 0 Å². The Labute approximate surface area is 112 Å². The maximum absolute atomic E-state index is 4.08. The van der Waals surface area contributed by atoms with Gasteiger partial charge in [-0.3, -0.25) is 4.90 Å². The first kappa shape index (κ1) is 13.1. The molecule has 1 heterocycles. The van der Waals surface area contributed by atoms with Crippen LogP contribution in [0, 0.1) is 0 Å². The van der Waals surface area contributed by atoms with Gasteiger partial charge >= 0.3 is 0 Å². The molecule has 96 valence electrons. The van der Waals surface area contributed by atoms with Gasteiger partial charge in [0.15, 0.2) is 0 Å². The van der Waals surface area contributed by atoms with Crippen molar-refractivity contribution in [3.8, 4) is 0 Å². The molecule has 0 aliphatic heterocycles. The number of imidazole rings is 1. The fourth-order valence-electron chi connectivity index (χ4n) is 2.73. The summed E-state index contributed by atoms with van der Waals surface area (Å²) in [5.74, 6) is 0. The highest BCUT2D eigenvalue weighted by molar-refractivity contribution is 9.09. The van der Waals surface area contributed by atoms with Crippen LogP contribution in [-0.4, -0.2) is 38.9 Å². The quantitative estimate of drug-likeness (QED) is 0.722. The van der Waals surface area contributed by atoms with Crippen molar-refractivity contribution in [2.24, 2.45) is 0 Å². The van der Waals surface area contributed by atoms with Crippen molar-refractivity contribution in [2.45, 2.75) is 44.7 Å². The van der Waals surface area contributed by atoms with Gasteiger partial charge in [0.05, 0.1) is 6.33 Å². The lowest BCUT2D eigenvalue weighted by molar-refractivity contribution is 0.205. The van der Waals surface area contributed by atoms with Crippen LogP contribution in [0.4, 0.5) is 0 Å². The summed E-state index contributed by atoms with van der Waals surface area (Å²) in [7, 11) is 0. The van der Waals surface area contributed by atoms with Gasteiger partial charge in [-0.1, -0.05) is 28.8 Å². The summed E-state index contributed by atoms with van der Waals surface area (Å²) in [6, 6.07) is 0.843. The number of aromatic nitrogens is 2. The molecule has 2 rings (SSSR count). The Morgan fingerprint density at radius 1 is 1.29 bits per heavy atom. The minimum Gasteiger partial charge on any atom is -0.337 e. The molecule has 0 saturated heterocycles. The second kappa shape index (κ2) is 7.17. The zero-order valence-electron chi connectivity index (χ0n) is 10.4. The minimum absolute atomic E-state index is 0.843. The van der Waals surface area contributed by atoms with Crippen LogP contribution >= 0.6 is 15.9 Å². The van der Waals surface area contributed by atoms with Crippen LogP contribution in [0.2, 0.25) is 0 Å². The molecule has 1 aromatic heterocycles. The lowest BCUT2D eigenvalue weighted by Crippen LogP contribution is -2.36. The molecule has 0 radical (unpaired) electrons. The second-order valence-electron chi connectivity index (χ2n) is 4.82. The average Bonchev–Trinajstić information content (AvgIpc) is 3.01. The van der Waals surface area contributed by atoms with E-state index in [0.717, 1.165) is 17.9 Å². The van der Waals surface area contributed by atoms with E-state index in [1.807, 2.05) is 18.7 Å². The summed E-state index contributed by atoms with van der Waals surface area (Å²) in [6.45, 7) is 3.49. The molecule has 1 aromatic rings. The van der Waals surface area contributed by atoms with Crippen LogP contribution in [-0.2, 0) is 6.54 Å². The Morgan fingerprint density at radius 3 is 2.76 bits per heavy atom. The topological polar surface area (TPSA) is 21.1 Å². The van der Waals surface area contributed by atoms with Crippen LogP contribution in [0.25, 0.3) is 0 Å². The zero-order valence-corrected chi connectivity index (χ0v) is 12.0. The third-order valence-corrected chi connectivity index (χ3v) is 3.99. The van der Waals surface area contributed by atoms with Crippen molar-refractivity contribution in [2.75, 3.05) is 18.4 Å². The van der Waals surface area contributed by atoms with Crippen LogP contribution < -0.4 is 0 Å². The van der Waals surface area contributed by atoms with Gasteiger partial charge in [-0.2, -0.15) is 0 Å². The maximum atomic E-state index is 4.08. The molecule has 0 amide bonds. The summed E-state index contributed by atoms with van der Waals surface area (Å²) in [5.41, 5.74) is 0. The SMILES string of the molecule is BrCCN(CCCn1ccnc1)C1CCCC1. The Morgan fingerprint density at radius 2 is 2.12 bits per heavy atom. The van der Waals surface area contributed by atoms with Gasteiger partial charge in [-0.15, -0.1) is 0 Å². The molecule has 1 aliphatic carbocycles. The fraction of sp³-hybridized carbons (Fsp3) is 0.769. The first-order valence-electron chi connectivity index (χ1n) is 6.66. The lowest BCUT2D eigenvalue weighted by Gasteiger charge is -2.28. The number of aryl methyl sites for hydroxylation is 1. The average molecular weight is 300 g/mol. The molecule has 0 N–H and O–H groups in total. The molecule has 0 aromatic carbocycles. The predicted octanol–water partition coefficient (Wildman–Crippen LogP) is 2.91. The third kappa shape index (κ3) is 4.11. The summed E-state index contributed by atoms with van der Waals surface area (Å²) in [6.07, 6.45) is 12.7. The van der Waals surface area contributed by atoms with Crippen LogP contribution in [0.5, 0.6) is 0 Å². The molecule has 1 aliphatic rings. The van der Waals surface area contributed by atoms with E-state index in [9.17, 15) is 0 Å². The maximum Gasteiger partial charge on any atom is 0.0945 e. The van der Waals surface area contributed by atoms with E-state index >= 15 is 0 Å². The van der Waals surface area contributed by atoms with Gasteiger partial charge < -0.3 is 4.57 Å². The van der Waals surface area contributed by atoms with Gasteiger partial charge in [0.1, 0.15) is 0 Å². The van der Waals surface area contributed by atoms with Gasteiger partial charge in [0.25, 0.3) is 0 Å². The van der Waals surface area contributed by atoms with E-state index in [0.29, 0.717) is 0 Å². The first-order chi connectivity index (χ1) is 8.40. The monoisotopic (exact) mass is 299 g/mol. The normalized spacial score (nSPS) is 17.1. The number of nitrogens with zero attached hydrogens (tertiary/aromatic N) is 3. The van der Waals surface area contributed by atoms with Crippen molar-refractivity contribution in [1.82, 2.24) is 14.5 Å². The van der Waals surface area contributed by atoms with Gasteiger partial charge in [0, 0.05) is 43.4 Å².